The Kier molecular flexibility index (Phi) is 6.31. The molecule has 0 aromatic heterocycles. The normalized spacial score (nSPS) is 17.6. The van der Waals surface area contributed by atoms with Crippen molar-refractivity contribution in [3.05, 3.63) is 107 Å². The van der Waals surface area contributed by atoms with Gasteiger partial charge in [0, 0.05) is 12.1 Å². The van der Waals surface area contributed by atoms with E-state index in [1.807, 2.05) is 54.6 Å². The third-order valence-electron chi connectivity index (χ3n) is 6.02. The number of aliphatic hydroxyl groups is 1. The lowest BCUT2D eigenvalue weighted by Gasteiger charge is -2.26. The molecule has 1 fully saturated rings. The van der Waals surface area contributed by atoms with Crippen LogP contribution in [0.25, 0.3) is 5.76 Å². The average Bonchev–Trinajstić information content (AvgIpc) is 3.09. The van der Waals surface area contributed by atoms with Gasteiger partial charge in [-0.2, -0.15) is 0 Å². The van der Waals surface area contributed by atoms with Crippen molar-refractivity contribution in [3.63, 3.8) is 0 Å². The van der Waals surface area contributed by atoms with Crippen LogP contribution in [0.1, 0.15) is 48.1 Å². The highest BCUT2D eigenvalue weighted by Crippen LogP contribution is 2.40. The van der Waals surface area contributed by atoms with Gasteiger partial charge in [0.1, 0.15) is 11.5 Å². The van der Waals surface area contributed by atoms with Crippen LogP contribution >= 0.6 is 0 Å². The van der Waals surface area contributed by atoms with Gasteiger partial charge in [-0.05, 0) is 46.9 Å². The largest absolute Gasteiger partial charge is 0.507 e. The van der Waals surface area contributed by atoms with Crippen LogP contribution in [0.2, 0.25) is 0 Å². The predicted molar refractivity (Wildman–Crippen MR) is 128 cm³/mol. The molecule has 1 unspecified atom stereocenters. The first kappa shape index (κ1) is 22.3. The Morgan fingerprint density at radius 3 is 2.15 bits per heavy atom. The van der Waals surface area contributed by atoms with E-state index in [1.165, 1.54) is 4.90 Å². The van der Waals surface area contributed by atoms with Gasteiger partial charge in [-0.1, -0.05) is 68.4 Å². The number of nitrogens with zero attached hydrogens (tertiary/aromatic N) is 1. The van der Waals surface area contributed by atoms with Crippen LogP contribution in [0.15, 0.2) is 84.4 Å². The second-order valence-corrected chi connectivity index (χ2v) is 8.46. The fraction of sp³-hybridized carbons (Fsp3) is 0.214. The molecule has 0 aliphatic carbocycles. The average molecular weight is 442 g/mol. The van der Waals surface area contributed by atoms with Gasteiger partial charge in [0.25, 0.3) is 11.7 Å². The summed E-state index contributed by atoms with van der Waals surface area (Å²) < 4.78 is 5.19. The van der Waals surface area contributed by atoms with Crippen LogP contribution in [0.4, 0.5) is 0 Å². The van der Waals surface area contributed by atoms with Crippen molar-refractivity contribution in [1.82, 2.24) is 4.90 Å². The number of ether oxygens (including phenoxy) is 1. The van der Waals surface area contributed by atoms with Gasteiger partial charge in [0.15, 0.2) is 0 Å². The minimum atomic E-state index is -0.687. The summed E-state index contributed by atoms with van der Waals surface area (Å²) in [5, 5.41) is 11.2. The molecule has 0 saturated carbocycles. The first-order valence-corrected chi connectivity index (χ1v) is 11.0. The van der Waals surface area contributed by atoms with Crippen molar-refractivity contribution in [1.29, 1.82) is 0 Å². The van der Waals surface area contributed by atoms with Crippen LogP contribution in [-0.2, 0) is 16.1 Å². The number of hydrogen-bond acceptors (Lipinski definition) is 4. The summed E-state index contributed by atoms with van der Waals surface area (Å²) in [5.41, 5.74) is 3.40. The highest BCUT2D eigenvalue weighted by atomic mass is 16.5. The maximum absolute atomic E-state index is 13.2. The van der Waals surface area contributed by atoms with Gasteiger partial charge in [-0.25, -0.2) is 0 Å². The molecule has 5 nitrogen and oxygen atoms in total. The van der Waals surface area contributed by atoms with Crippen molar-refractivity contribution >= 4 is 17.4 Å². The third-order valence-corrected chi connectivity index (χ3v) is 6.02. The molecule has 1 heterocycles. The first-order chi connectivity index (χ1) is 15.9. The maximum atomic E-state index is 13.2. The molecule has 168 valence electrons. The Bertz CT molecular complexity index is 1180. The lowest BCUT2D eigenvalue weighted by atomic mass is 9.93. The van der Waals surface area contributed by atoms with Crippen LogP contribution in [0, 0.1) is 0 Å². The van der Waals surface area contributed by atoms with Crippen LogP contribution in [0.5, 0.6) is 5.75 Å². The number of likely N-dealkylation sites (tertiary alicyclic amines) is 1. The Morgan fingerprint density at radius 2 is 1.58 bits per heavy atom. The fourth-order valence-electron chi connectivity index (χ4n) is 4.14. The molecular weight excluding hydrogens is 414 g/mol. The number of aliphatic hydroxyl groups excluding tert-OH is 1. The number of hydrogen-bond donors (Lipinski definition) is 1. The number of Topliss-reactive ketones (excluding diaryl/α,β-unsaturated/α-hetero) is 1. The van der Waals surface area contributed by atoms with Crippen LogP contribution < -0.4 is 4.74 Å². The van der Waals surface area contributed by atoms with Crippen LogP contribution in [0.3, 0.4) is 0 Å². The number of rotatable bonds is 6. The predicted octanol–water partition coefficient (Wildman–Crippen LogP) is 5.44. The second-order valence-electron chi connectivity index (χ2n) is 8.46. The SMILES string of the molecule is COc1ccc(C(O)=C2C(=O)C(=O)N(Cc3ccccc3)C2c2ccc(C(C)C)cc2)cc1. The summed E-state index contributed by atoms with van der Waals surface area (Å²) in [4.78, 5) is 27.8. The van der Waals surface area contributed by atoms with Gasteiger partial charge in [-0.3, -0.25) is 9.59 Å². The minimum absolute atomic E-state index is 0.0957. The van der Waals surface area contributed by atoms with E-state index in [0.717, 1.165) is 16.7 Å². The third kappa shape index (κ3) is 4.40. The quantitative estimate of drug-likeness (QED) is 0.314. The standard InChI is InChI=1S/C28H27NO4/c1-18(2)20-9-11-21(12-10-20)25-24(26(30)22-13-15-23(33-3)16-14-22)27(31)28(32)29(25)17-19-7-5-4-6-8-19/h4-16,18,25,30H,17H2,1-3H3. The number of carbonyl (C=O) groups excluding carboxylic acids is 2. The van der Waals surface area contributed by atoms with E-state index in [1.54, 1.807) is 31.4 Å². The zero-order valence-electron chi connectivity index (χ0n) is 19.0. The number of benzene rings is 3. The highest BCUT2D eigenvalue weighted by Gasteiger charge is 2.46. The molecule has 5 heteroatoms. The maximum Gasteiger partial charge on any atom is 0.295 e. The molecule has 0 spiro atoms. The zero-order chi connectivity index (χ0) is 23.5. The Hall–Kier alpha value is -3.86. The molecule has 33 heavy (non-hydrogen) atoms. The molecule has 1 amide bonds. The minimum Gasteiger partial charge on any atom is -0.507 e. The van der Waals surface area contributed by atoms with Crippen molar-refractivity contribution in [2.75, 3.05) is 7.11 Å². The van der Waals surface area contributed by atoms with Gasteiger partial charge in [0.2, 0.25) is 0 Å². The summed E-state index contributed by atoms with van der Waals surface area (Å²) in [6.07, 6.45) is 0. The number of ketones is 1. The molecule has 3 aromatic rings. The Balaban J connectivity index is 1.83. The summed E-state index contributed by atoms with van der Waals surface area (Å²) in [5.74, 6) is -0.500. The monoisotopic (exact) mass is 441 g/mol. The smallest absolute Gasteiger partial charge is 0.295 e. The molecule has 1 aliphatic rings. The van der Waals surface area contributed by atoms with Crippen molar-refractivity contribution in [2.24, 2.45) is 0 Å². The van der Waals surface area contributed by atoms with E-state index in [-0.39, 0.29) is 17.9 Å². The van der Waals surface area contributed by atoms with E-state index in [0.29, 0.717) is 17.2 Å². The van der Waals surface area contributed by atoms with E-state index < -0.39 is 17.7 Å². The Morgan fingerprint density at radius 1 is 0.939 bits per heavy atom. The van der Waals surface area contributed by atoms with Gasteiger partial charge in [-0.15, -0.1) is 0 Å². The molecular formula is C28H27NO4. The molecule has 0 bridgehead atoms. The molecule has 3 aromatic carbocycles. The molecule has 0 radical (unpaired) electrons. The summed E-state index contributed by atoms with van der Waals surface area (Å²) in [7, 11) is 1.56. The van der Waals surface area contributed by atoms with Crippen molar-refractivity contribution in [3.8, 4) is 5.75 Å². The topological polar surface area (TPSA) is 66.8 Å². The van der Waals surface area contributed by atoms with E-state index >= 15 is 0 Å². The highest BCUT2D eigenvalue weighted by molar-refractivity contribution is 6.46. The Labute approximate surface area is 193 Å². The van der Waals surface area contributed by atoms with Crippen molar-refractivity contribution in [2.45, 2.75) is 32.4 Å². The number of carbonyl (C=O) groups is 2. The van der Waals surface area contributed by atoms with E-state index in [2.05, 4.69) is 13.8 Å². The van der Waals surface area contributed by atoms with E-state index in [9.17, 15) is 14.7 Å². The number of methoxy groups -OCH3 is 1. The van der Waals surface area contributed by atoms with Crippen LogP contribution in [-0.4, -0.2) is 28.8 Å². The zero-order valence-corrected chi connectivity index (χ0v) is 19.0. The summed E-state index contributed by atoms with van der Waals surface area (Å²) in [6.45, 7) is 4.49. The van der Waals surface area contributed by atoms with Gasteiger partial charge in [0.05, 0.1) is 18.7 Å². The summed E-state index contributed by atoms with van der Waals surface area (Å²) in [6, 6.07) is 23.5. The number of amides is 1. The first-order valence-electron chi connectivity index (χ1n) is 11.0. The van der Waals surface area contributed by atoms with E-state index in [4.69, 9.17) is 4.74 Å². The second kappa shape index (κ2) is 9.33. The van der Waals surface area contributed by atoms with Crippen molar-refractivity contribution < 1.29 is 19.4 Å². The molecule has 1 aliphatic heterocycles. The lowest BCUT2D eigenvalue weighted by Crippen LogP contribution is -2.29. The molecule has 1 N–H and O–H groups in total. The fourth-order valence-corrected chi connectivity index (χ4v) is 4.14. The molecule has 4 rings (SSSR count). The van der Waals surface area contributed by atoms with Gasteiger partial charge >= 0.3 is 0 Å². The molecule has 1 saturated heterocycles. The lowest BCUT2D eigenvalue weighted by molar-refractivity contribution is -0.140. The summed E-state index contributed by atoms with van der Waals surface area (Å²) >= 11 is 0. The van der Waals surface area contributed by atoms with Gasteiger partial charge < -0.3 is 14.7 Å². The molecule has 1 atom stereocenters.